The summed E-state index contributed by atoms with van der Waals surface area (Å²) >= 11 is 0. The van der Waals surface area contributed by atoms with Crippen LogP contribution in [0, 0.1) is 17.7 Å². The molecule has 0 aliphatic heterocycles. The molecule has 1 fully saturated rings. The highest BCUT2D eigenvalue weighted by atomic mass is 19.4. The molecule has 5 heteroatoms. The van der Waals surface area contributed by atoms with E-state index in [9.17, 15) is 17.6 Å². The molecule has 2 rings (SSSR count). The lowest BCUT2D eigenvalue weighted by Crippen LogP contribution is -2.30. The first-order valence-electron chi connectivity index (χ1n) is 6.90. The average Bonchev–Trinajstić information content (AvgIpc) is 2.35. The van der Waals surface area contributed by atoms with E-state index in [1.54, 1.807) is 0 Å². The first-order valence-corrected chi connectivity index (χ1v) is 6.90. The second-order valence-corrected chi connectivity index (χ2v) is 5.80. The number of hydrogen-bond donors (Lipinski definition) is 1. The molecule has 1 aliphatic carbocycles. The molecule has 20 heavy (non-hydrogen) atoms. The topological polar surface area (TPSA) is 12.0 Å². The van der Waals surface area contributed by atoms with Crippen LogP contribution in [0.25, 0.3) is 0 Å². The molecule has 0 radical (unpaired) electrons. The van der Waals surface area contributed by atoms with Gasteiger partial charge in [0.1, 0.15) is 5.82 Å². The van der Waals surface area contributed by atoms with Crippen LogP contribution in [0.2, 0.25) is 0 Å². The van der Waals surface area contributed by atoms with E-state index in [1.165, 1.54) is 6.07 Å². The first-order chi connectivity index (χ1) is 9.27. The van der Waals surface area contributed by atoms with Crippen molar-refractivity contribution in [2.75, 3.05) is 5.32 Å². The number of benzene rings is 1. The summed E-state index contributed by atoms with van der Waals surface area (Å²) in [4.78, 5) is 0. The minimum atomic E-state index is -4.66. The summed E-state index contributed by atoms with van der Waals surface area (Å²) in [7, 11) is 0. The molecule has 1 aliphatic rings. The van der Waals surface area contributed by atoms with E-state index in [0.29, 0.717) is 17.5 Å². The number of halogens is 4. The molecule has 1 N–H and O–H groups in total. The standard InChI is InChI=1S/C15H19F4N/c1-9-3-4-11(7-10(9)2)20-12-5-6-14(16)13(8-12)15(17,18)19/h5-6,8-11,20H,3-4,7H2,1-2H3. The third kappa shape index (κ3) is 3.44. The van der Waals surface area contributed by atoms with Crippen molar-refractivity contribution in [2.45, 2.75) is 45.3 Å². The number of hydrogen-bond acceptors (Lipinski definition) is 1. The Bertz CT molecular complexity index is 469. The van der Waals surface area contributed by atoms with Gasteiger partial charge < -0.3 is 5.32 Å². The van der Waals surface area contributed by atoms with E-state index >= 15 is 0 Å². The van der Waals surface area contributed by atoms with Crippen molar-refractivity contribution in [1.82, 2.24) is 0 Å². The fourth-order valence-corrected chi connectivity index (χ4v) is 2.75. The van der Waals surface area contributed by atoms with Gasteiger partial charge in [0.2, 0.25) is 0 Å². The highest BCUT2D eigenvalue weighted by molar-refractivity contribution is 5.48. The fraction of sp³-hybridized carbons (Fsp3) is 0.600. The predicted molar refractivity (Wildman–Crippen MR) is 71.0 cm³/mol. The van der Waals surface area contributed by atoms with Crippen molar-refractivity contribution in [3.8, 4) is 0 Å². The molecular weight excluding hydrogens is 270 g/mol. The molecular formula is C15H19F4N. The molecule has 1 saturated carbocycles. The van der Waals surface area contributed by atoms with Crippen LogP contribution >= 0.6 is 0 Å². The molecule has 3 atom stereocenters. The van der Waals surface area contributed by atoms with Crippen LogP contribution in [0.5, 0.6) is 0 Å². The zero-order valence-electron chi connectivity index (χ0n) is 11.6. The van der Waals surface area contributed by atoms with Gasteiger partial charge >= 0.3 is 6.18 Å². The molecule has 0 spiro atoms. The SMILES string of the molecule is CC1CCC(Nc2ccc(F)c(C(F)(F)F)c2)CC1C. The Morgan fingerprint density at radius 2 is 1.80 bits per heavy atom. The molecule has 1 nitrogen and oxygen atoms in total. The van der Waals surface area contributed by atoms with E-state index in [2.05, 4.69) is 19.2 Å². The first kappa shape index (κ1) is 15.1. The van der Waals surface area contributed by atoms with Gasteiger partial charge in [0.05, 0.1) is 5.56 Å². The Morgan fingerprint density at radius 1 is 1.10 bits per heavy atom. The highest BCUT2D eigenvalue weighted by Crippen LogP contribution is 2.35. The molecule has 0 saturated heterocycles. The van der Waals surface area contributed by atoms with Crippen LogP contribution in [0.1, 0.15) is 38.7 Å². The van der Waals surface area contributed by atoms with Crippen LogP contribution in [0.3, 0.4) is 0 Å². The Labute approximate surface area is 116 Å². The van der Waals surface area contributed by atoms with E-state index in [0.717, 1.165) is 31.4 Å². The predicted octanol–water partition coefficient (Wildman–Crippen LogP) is 5.08. The zero-order chi connectivity index (χ0) is 14.9. The van der Waals surface area contributed by atoms with Gasteiger partial charge in [-0.25, -0.2) is 4.39 Å². The number of nitrogens with one attached hydrogen (secondary N) is 1. The van der Waals surface area contributed by atoms with Gasteiger partial charge in [-0.3, -0.25) is 0 Å². The third-order valence-corrected chi connectivity index (χ3v) is 4.24. The quantitative estimate of drug-likeness (QED) is 0.748. The summed E-state index contributed by atoms with van der Waals surface area (Å²) in [5.41, 5.74) is -0.870. The summed E-state index contributed by atoms with van der Waals surface area (Å²) in [5, 5.41) is 3.10. The highest BCUT2D eigenvalue weighted by Gasteiger charge is 2.34. The summed E-state index contributed by atoms with van der Waals surface area (Å²) < 4.78 is 51.2. The molecule has 0 amide bonds. The van der Waals surface area contributed by atoms with Crippen LogP contribution in [-0.2, 0) is 6.18 Å². The van der Waals surface area contributed by atoms with Gasteiger partial charge in [-0.05, 0) is 49.3 Å². The number of rotatable bonds is 2. The summed E-state index contributed by atoms with van der Waals surface area (Å²) in [6.07, 6.45) is -1.73. The summed E-state index contributed by atoms with van der Waals surface area (Å²) in [5.74, 6) is -0.0375. The van der Waals surface area contributed by atoms with Crippen molar-refractivity contribution in [2.24, 2.45) is 11.8 Å². The third-order valence-electron chi connectivity index (χ3n) is 4.24. The monoisotopic (exact) mass is 289 g/mol. The molecule has 0 aromatic heterocycles. The fourth-order valence-electron chi connectivity index (χ4n) is 2.75. The van der Waals surface area contributed by atoms with Gasteiger partial charge in [-0.1, -0.05) is 13.8 Å². The van der Waals surface area contributed by atoms with E-state index in [4.69, 9.17) is 0 Å². The maximum atomic E-state index is 13.2. The molecule has 0 heterocycles. The molecule has 3 unspecified atom stereocenters. The minimum absolute atomic E-state index is 0.160. The Kier molecular flexibility index (Phi) is 4.25. The van der Waals surface area contributed by atoms with Crippen LogP contribution in [0.15, 0.2) is 18.2 Å². The van der Waals surface area contributed by atoms with Crippen LogP contribution < -0.4 is 5.32 Å². The summed E-state index contributed by atoms with van der Waals surface area (Å²) in [6.45, 7) is 4.35. The van der Waals surface area contributed by atoms with E-state index < -0.39 is 17.6 Å². The molecule has 1 aromatic carbocycles. The van der Waals surface area contributed by atoms with Gasteiger partial charge in [0, 0.05) is 11.7 Å². The Morgan fingerprint density at radius 3 is 2.40 bits per heavy atom. The Hall–Kier alpha value is -1.26. The average molecular weight is 289 g/mol. The van der Waals surface area contributed by atoms with Crippen molar-refractivity contribution in [1.29, 1.82) is 0 Å². The largest absolute Gasteiger partial charge is 0.419 e. The smallest absolute Gasteiger partial charge is 0.382 e. The zero-order valence-corrected chi connectivity index (χ0v) is 11.6. The summed E-state index contributed by atoms with van der Waals surface area (Å²) in [6, 6.07) is 3.26. The van der Waals surface area contributed by atoms with Gasteiger partial charge in [-0.15, -0.1) is 0 Å². The van der Waals surface area contributed by atoms with Crippen molar-refractivity contribution in [3.05, 3.63) is 29.6 Å². The lowest BCUT2D eigenvalue weighted by atomic mass is 9.79. The van der Waals surface area contributed by atoms with Crippen molar-refractivity contribution in [3.63, 3.8) is 0 Å². The number of anilines is 1. The molecule has 112 valence electrons. The van der Waals surface area contributed by atoms with Crippen molar-refractivity contribution >= 4 is 5.69 Å². The second-order valence-electron chi connectivity index (χ2n) is 5.80. The van der Waals surface area contributed by atoms with Gasteiger partial charge in [0.25, 0.3) is 0 Å². The van der Waals surface area contributed by atoms with Crippen molar-refractivity contribution < 1.29 is 17.6 Å². The molecule has 1 aromatic rings. The lowest BCUT2D eigenvalue weighted by molar-refractivity contribution is -0.139. The molecule has 0 bridgehead atoms. The minimum Gasteiger partial charge on any atom is -0.382 e. The van der Waals surface area contributed by atoms with Gasteiger partial charge in [-0.2, -0.15) is 13.2 Å². The van der Waals surface area contributed by atoms with Crippen LogP contribution in [0.4, 0.5) is 23.2 Å². The normalized spacial score (nSPS) is 27.4. The van der Waals surface area contributed by atoms with Crippen LogP contribution in [-0.4, -0.2) is 6.04 Å². The van der Waals surface area contributed by atoms with E-state index in [-0.39, 0.29) is 6.04 Å². The van der Waals surface area contributed by atoms with E-state index in [1.807, 2.05) is 0 Å². The lowest BCUT2D eigenvalue weighted by Gasteiger charge is -2.33. The number of alkyl halides is 3. The Balaban J connectivity index is 2.11. The second kappa shape index (κ2) is 5.62. The van der Waals surface area contributed by atoms with Gasteiger partial charge in [0.15, 0.2) is 0 Å². The maximum Gasteiger partial charge on any atom is 0.419 e. The maximum absolute atomic E-state index is 13.2.